The molecule has 2 aromatic rings. The highest BCUT2D eigenvalue weighted by Crippen LogP contribution is 2.53. The molecule has 0 saturated heterocycles. The maximum Gasteiger partial charge on any atom is 0.335 e. The number of nitro benzene ring substituents is 1. The average Bonchev–Trinajstić information content (AvgIpc) is 3.16. The predicted octanol–water partition coefficient (Wildman–Crippen LogP) is 4.13. The summed E-state index contributed by atoms with van der Waals surface area (Å²) in [5, 5.41) is 23.9. The molecule has 0 saturated carbocycles. The van der Waals surface area contributed by atoms with Crippen LogP contribution in [0, 0.1) is 16.0 Å². The van der Waals surface area contributed by atoms with E-state index in [9.17, 15) is 14.9 Å². The number of rotatable bonds is 4. The summed E-state index contributed by atoms with van der Waals surface area (Å²) >= 11 is 0. The Morgan fingerprint density at radius 2 is 2.04 bits per heavy atom. The van der Waals surface area contributed by atoms with Gasteiger partial charge in [0.05, 0.1) is 35.4 Å². The van der Waals surface area contributed by atoms with Crippen LogP contribution in [-0.2, 0) is 0 Å². The Hall–Kier alpha value is -3.35. The largest absolute Gasteiger partial charge is 0.494 e. The third-order valence-corrected chi connectivity index (χ3v) is 5.36. The fourth-order valence-corrected chi connectivity index (χ4v) is 4.08. The van der Waals surface area contributed by atoms with Gasteiger partial charge in [0.25, 0.3) is 5.69 Å². The van der Waals surface area contributed by atoms with Crippen LogP contribution in [0.2, 0.25) is 0 Å². The van der Waals surface area contributed by atoms with Gasteiger partial charge in [0, 0.05) is 12.0 Å². The molecule has 7 nitrogen and oxygen atoms in total. The number of non-ortho nitro benzene ring substituents is 1. The Morgan fingerprint density at radius 1 is 1.30 bits per heavy atom. The van der Waals surface area contributed by atoms with Crippen molar-refractivity contribution in [1.29, 1.82) is 0 Å². The number of allylic oxidation sites excluding steroid dienone is 2. The number of nitrogens with zero attached hydrogens (tertiary/aromatic N) is 1. The molecule has 7 heteroatoms. The zero-order valence-corrected chi connectivity index (χ0v) is 14.6. The van der Waals surface area contributed by atoms with E-state index in [-0.39, 0.29) is 29.1 Å². The lowest BCUT2D eigenvalue weighted by Crippen LogP contribution is -2.29. The topological polar surface area (TPSA) is 102 Å². The first-order valence-electron chi connectivity index (χ1n) is 8.62. The van der Waals surface area contributed by atoms with Crippen molar-refractivity contribution in [3.05, 3.63) is 75.4 Å². The minimum absolute atomic E-state index is 0.00992. The van der Waals surface area contributed by atoms with Crippen molar-refractivity contribution in [3.63, 3.8) is 0 Å². The molecular weight excluding hydrogens is 348 g/mol. The molecule has 0 aromatic heterocycles. The van der Waals surface area contributed by atoms with Gasteiger partial charge >= 0.3 is 5.97 Å². The number of ether oxygens (including phenoxy) is 1. The molecule has 3 atom stereocenters. The zero-order chi connectivity index (χ0) is 19.1. The van der Waals surface area contributed by atoms with Crippen LogP contribution in [0.15, 0.2) is 48.6 Å². The van der Waals surface area contributed by atoms with Gasteiger partial charge in [-0.15, -0.1) is 0 Å². The number of carboxylic acids is 1. The summed E-state index contributed by atoms with van der Waals surface area (Å²) in [4.78, 5) is 22.0. The van der Waals surface area contributed by atoms with Crippen molar-refractivity contribution in [3.8, 4) is 5.75 Å². The first-order chi connectivity index (χ1) is 13.0. The molecule has 27 heavy (non-hydrogen) atoms. The highest BCUT2D eigenvalue weighted by Gasteiger charge is 2.40. The lowest BCUT2D eigenvalue weighted by atomic mass is 9.76. The Bertz CT molecular complexity index is 952. The molecule has 0 unspecified atom stereocenters. The van der Waals surface area contributed by atoms with Gasteiger partial charge in [0.15, 0.2) is 0 Å². The lowest BCUT2D eigenvalue weighted by Gasteiger charge is -2.38. The van der Waals surface area contributed by atoms with Gasteiger partial charge in [-0.25, -0.2) is 4.79 Å². The van der Waals surface area contributed by atoms with E-state index >= 15 is 0 Å². The quantitative estimate of drug-likeness (QED) is 0.479. The summed E-state index contributed by atoms with van der Waals surface area (Å²) in [5.74, 6) is -0.290. The van der Waals surface area contributed by atoms with Crippen LogP contribution >= 0.6 is 0 Å². The SMILES string of the molecule is COc1cc([N+](=O)[O-])cc2c1N[C@H](c1ccc(C(=O)O)cc1)[C@H]1CC=C[C@@H]21. The van der Waals surface area contributed by atoms with E-state index in [2.05, 4.69) is 17.5 Å². The van der Waals surface area contributed by atoms with Crippen molar-refractivity contribution < 1.29 is 19.6 Å². The number of carbonyl (C=O) groups is 1. The fraction of sp³-hybridized carbons (Fsp3) is 0.250. The minimum Gasteiger partial charge on any atom is -0.494 e. The van der Waals surface area contributed by atoms with Crippen LogP contribution in [0.4, 0.5) is 11.4 Å². The molecular formula is C20H18N2O5. The summed E-state index contributed by atoms with van der Waals surface area (Å²) in [5.41, 5.74) is 2.84. The lowest BCUT2D eigenvalue weighted by molar-refractivity contribution is -0.385. The van der Waals surface area contributed by atoms with Crippen molar-refractivity contribution in [1.82, 2.24) is 0 Å². The van der Waals surface area contributed by atoms with E-state index in [0.717, 1.165) is 23.2 Å². The second-order valence-electron chi connectivity index (χ2n) is 6.77. The van der Waals surface area contributed by atoms with Gasteiger partial charge in [0.1, 0.15) is 5.75 Å². The third-order valence-electron chi connectivity index (χ3n) is 5.36. The molecule has 2 aromatic carbocycles. The molecule has 2 aliphatic rings. The number of benzene rings is 2. The third kappa shape index (κ3) is 2.81. The van der Waals surface area contributed by atoms with Gasteiger partial charge in [-0.05, 0) is 35.6 Å². The van der Waals surface area contributed by atoms with Gasteiger partial charge in [-0.3, -0.25) is 10.1 Å². The number of methoxy groups -OCH3 is 1. The molecule has 0 bridgehead atoms. The van der Waals surface area contributed by atoms with Crippen LogP contribution in [0.3, 0.4) is 0 Å². The normalized spacial score (nSPS) is 22.5. The van der Waals surface area contributed by atoms with Gasteiger partial charge in [-0.1, -0.05) is 24.3 Å². The van der Waals surface area contributed by atoms with Gasteiger partial charge < -0.3 is 15.2 Å². The van der Waals surface area contributed by atoms with Crippen LogP contribution in [0.1, 0.15) is 39.9 Å². The van der Waals surface area contributed by atoms with E-state index in [1.165, 1.54) is 13.2 Å². The Labute approximate surface area is 155 Å². The summed E-state index contributed by atoms with van der Waals surface area (Å²) in [6, 6.07) is 9.82. The first-order valence-corrected chi connectivity index (χ1v) is 8.62. The van der Waals surface area contributed by atoms with Crippen molar-refractivity contribution >= 4 is 17.3 Å². The highest BCUT2D eigenvalue weighted by atomic mass is 16.6. The number of anilines is 1. The monoisotopic (exact) mass is 366 g/mol. The van der Waals surface area contributed by atoms with Crippen LogP contribution in [0.5, 0.6) is 5.75 Å². The molecule has 0 fully saturated rings. The minimum atomic E-state index is -0.960. The molecule has 2 N–H and O–H groups in total. The van der Waals surface area contributed by atoms with E-state index in [1.807, 2.05) is 12.1 Å². The highest BCUT2D eigenvalue weighted by molar-refractivity contribution is 5.87. The predicted molar refractivity (Wildman–Crippen MR) is 99.4 cm³/mol. The van der Waals surface area contributed by atoms with E-state index in [1.54, 1.807) is 18.2 Å². The van der Waals surface area contributed by atoms with E-state index in [4.69, 9.17) is 9.84 Å². The number of carboxylic acid groups (broad SMARTS) is 1. The molecule has 1 heterocycles. The number of nitro groups is 1. The van der Waals surface area contributed by atoms with Gasteiger partial charge in [-0.2, -0.15) is 0 Å². The number of aromatic carboxylic acids is 1. The molecule has 0 spiro atoms. The van der Waals surface area contributed by atoms with E-state index in [0.29, 0.717) is 5.75 Å². The first kappa shape index (κ1) is 17.1. The molecule has 1 aliphatic carbocycles. The maximum atomic E-state index is 11.3. The second-order valence-corrected chi connectivity index (χ2v) is 6.77. The van der Waals surface area contributed by atoms with Crippen molar-refractivity contribution in [2.24, 2.45) is 5.92 Å². The van der Waals surface area contributed by atoms with Crippen LogP contribution < -0.4 is 10.1 Å². The van der Waals surface area contributed by atoms with Crippen LogP contribution in [0.25, 0.3) is 0 Å². The van der Waals surface area contributed by atoms with E-state index < -0.39 is 10.9 Å². The Kier molecular flexibility index (Phi) is 4.07. The van der Waals surface area contributed by atoms with Crippen LogP contribution in [-0.4, -0.2) is 23.1 Å². The second kappa shape index (κ2) is 6.42. The number of fused-ring (bicyclic) bond motifs is 3. The summed E-state index contributed by atoms with van der Waals surface area (Å²) in [6.45, 7) is 0. The summed E-state index contributed by atoms with van der Waals surface area (Å²) < 4.78 is 5.42. The molecule has 4 rings (SSSR count). The number of hydrogen-bond acceptors (Lipinski definition) is 5. The molecule has 0 radical (unpaired) electrons. The fourth-order valence-electron chi connectivity index (χ4n) is 4.08. The van der Waals surface area contributed by atoms with Gasteiger partial charge in [0.2, 0.25) is 0 Å². The Balaban J connectivity index is 1.79. The van der Waals surface area contributed by atoms with Crippen molar-refractivity contribution in [2.75, 3.05) is 12.4 Å². The zero-order valence-electron chi connectivity index (χ0n) is 14.6. The molecule has 138 valence electrons. The maximum absolute atomic E-state index is 11.3. The molecule has 1 aliphatic heterocycles. The average molecular weight is 366 g/mol. The summed E-state index contributed by atoms with van der Waals surface area (Å²) in [6.07, 6.45) is 5.02. The number of hydrogen-bond donors (Lipinski definition) is 2. The van der Waals surface area contributed by atoms with Crippen molar-refractivity contribution in [2.45, 2.75) is 18.4 Å². The number of nitrogens with one attached hydrogen (secondary N) is 1. The summed E-state index contributed by atoms with van der Waals surface area (Å²) in [7, 11) is 1.49. The standard InChI is InChI=1S/C20H18N2O5/c1-27-17-10-13(22(25)26)9-16-14-3-2-4-15(14)18(21-19(16)17)11-5-7-12(8-6-11)20(23)24/h2-3,5-10,14-15,18,21H,4H2,1H3,(H,23,24)/t14-,15+,18-/m1/s1. The smallest absolute Gasteiger partial charge is 0.335 e. The Morgan fingerprint density at radius 3 is 2.67 bits per heavy atom. The molecule has 0 amide bonds.